The Bertz CT molecular complexity index is 1500. The molecular weight excluding hydrogens is 768 g/mol. The highest BCUT2D eigenvalue weighted by atomic mass is 35.5. The maximum Gasteiger partial charge on any atom is 0.238 e. The van der Waals surface area contributed by atoms with Crippen LogP contribution in [0.1, 0.15) is 130 Å². The summed E-state index contributed by atoms with van der Waals surface area (Å²) in [4.78, 5) is 27.2. The first-order valence-corrected chi connectivity index (χ1v) is 25.0. The van der Waals surface area contributed by atoms with E-state index in [1.807, 2.05) is 0 Å². The molecular formula is C44H73ClN10O2S. The lowest BCUT2D eigenvalue weighted by Gasteiger charge is -2.45. The van der Waals surface area contributed by atoms with Gasteiger partial charge in [0, 0.05) is 42.1 Å². The fourth-order valence-electron chi connectivity index (χ4n) is 12.9. The Morgan fingerprint density at radius 3 is 2.29 bits per heavy atom. The van der Waals surface area contributed by atoms with E-state index in [0.29, 0.717) is 46.1 Å². The van der Waals surface area contributed by atoms with Gasteiger partial charge in [-0.2, -0.15) is 5.26 Å². The third kappa shape index (κ3) is 8.65. The number of carbonyl (C=O) groups excluding carboxylic acids is 1. The second-order valence-electron chi connectivity index (χ2n) is 20.3. The number of nitriles is 1. The molecule has 9 rings (SSSR count). The zero-order valence-corrected chi connectivity index (χ0v) is 37.3. The van der Waals surface area contributed by atoms with Crippen LogP contribution in [0.2, 0.25) is 0 Å². The summed E-state index contributed by atoms with van der Waals surface area (Å²) in [5.74, 6) is 1.93. The van der Waals surface area contributed by atoms with Crippen LogP contribution in [0.15, 0.2) is 4.99 Å². The molecule has 0 radical (unpaired) electrons. The number of ether oxygens (including phenoxy) is 1. The highest BCUT2D eigenvalue weighted by Crippen LogP contribution is 2.51. The number of amides is 1. The third-order valence-corrected chi connectivity index (χ3v) is 18.9. The number of hydrogen-bond donors (Lipinski definition) is 5. The standard InChI is InChI=1S/C44H73ClN10O2S/c1-26-28(3)58-43-39(26)40(47-27(2)41-52-49-29(4)55(41)43)30-5-10-33(11-6-30)53-20-17-44(18-21-53)19-22-54(25-44)38-16-15-37(50-51-38)42(56)48-32-8-13-34(14-9-32)57-35-12-7-31(24-46)36(45)23-35/h26-39,41,43,49-52H,5-23,25H2,1-4H3,(H,48,56)/t26?,27-,28?,29?,30?,31?,32?,33?,34?,35?,36?,37?,38?,39?,41?,43?/m0/s1. The van der Waals surface area contributed by atoms with Gasteiger partial charge < -0.3 is 15.0 Å². The summed E-state index contributed by atoms with van der Waals surface area (Å²) in [5.41, 5.74) is 16.1. The monoisotopic (exact) mass is 841 g/mol. The van der Waals surface area contributed by atoms with Gasteiger partial charge in [-0.15, -0.1) is 23.4 Å². The molecule has 1 amide bonds. The summed E-state index contributed by atoms with van der Waals surface area (Å²) >= 11 is 8.63. The normalized spacial score (nSPS) is 46.5. The van der Waals surface area contributed by atoms with E-state index in [1.54, 1.807) is 5.71 Å². The number of aliphatic imine (C=N–C) groups is 1. The van der Waals surface area contributed by atoms with Crippen LogP contribution in [-0.2, 0) is 9.53 Å². The van der Waals surface area contributed by atoms with E-state index in [0.717, 1.165) is 70.4 Å². The van der Waals surface area contributed by atoms with E-state index in [9.17, 15) is 10.1 Å². The van der Waals surface area contributed by atoms with E-state index in [2.05, 4.69) is 87.2 Å². The first kappa shape index (κ1) is 42.3. The molecule has 9 aliphatic rings. The molecule has 12 atom stereocenters. The predicted octanol–water partition coefficient (Wildman–Crippen LogP) is 5.30. The van der Waals surface area contributed by atoms with Crippen molar-refractivity contribution in [3.8, 4) is 6.07 Å². The van der Waals surface area contributed by atoms with Crippen molar-refractivity contribution in [1.29, 1.82) is 5.26 Å². The number of thioether (sulfide) groups is 1. The van der Waals surface area contributed by atoms with Crippen LogP contribution in [0.4, 0.5) is 0 Å². The van der Waals surface area contributed by atoms with Gasteiger partial charge in [-0.3, -0.25) is 19.6 Å². The number of likely N-dealkylation sites (tertiary alicyclic amines) is 2. The Morgan fingerprint density at radius 1 is 0.879 bits per heavy atom. The molecule has 3 saturated carbocycles. The summed E-state index contributed by atoms with van der Waals surface area (Å²) in [7, 11) is 0. The molecule has 8 fully saturated rings. The molecule has 3 aliphatic carbocycles. The molecule has 14 heteroatoms. The largest absolute Gasteiger partial charge is 0.375 e. The van der Waals surface area contributed by atoms with Crippen molar-refractivity contribution >= 4 is 35.0 Å². The number of halogens is 1. The Hall–Kier alpha value is -1.05. The quantitative estimate of drug-likeness (QED) is 0.214. The van der Waals surface area contributed by atoms with Crippen LogP contribution in [-0.4, -0.2) is 123 Å². The number of nitrogens with zero attached hydrogens (tertiary/aromatic N) is 5. The highest BCUT2D eigenvalue weighted by molar-refractivity contribution is 8.00. The fourth-order valence-corrected chi connectivity index (χ4v) is 15.2. The van der Waals surface area contributed by atoms with Crippen molar-refractivity contribution < 1.29 is 9.53 Å². The molecule has 11 unspecified atom stereocenters. The number of carbonyl (C=O) groups is 1. The van der Waals surface area contributed by atoms with Crippen LogP contribution >= 0.6 is 23.4 Å². The molecule has 5 N–H and O–H groups in total. The number of hydrogen-bond acceptors (Lipinski definition) is 12. The van der Waals surface area contributed by atoms with E-state index in [-0.39, 0.29) is 53.7 Å². The molecule has 1 spiro atoms. The Morgan fingerprint density at radius 2 is 1.60 bits per heavy atom. The average molecular weight is 842 g/mol. The lowest BCUT2D eigenvalue weighted by Crippen LogP contribution is -2.62. The number of hydrazine groups is 2. The zero-order valence-electron chi connectivity index (χ0n) is 35.7. The van der Waals surface area contributed by atoms with Crippen molar-refractivity contribution in [3.63, 3.8) is 0 Å². The topological polar surface area (TPSA) is 132 Å². The summed E-state index contributed by atoms with van der Waals surface area (Å²) in [6, 6.07) is 3.36. The van der Waals surface area contributed by atoms with Gasteiger partial charge in [-0.25, -0.2) is 21.7 Å². The van der Waals surface area contributed by atoms with Crippen LogP contribution in [0.3, 0.4) is 0 Å². The number of nitrogens with one attached hydrogen (secondary N) is 5. The third-order valence-electron chi connectivity index (χ3n) is 16.8. The molecule has 324 valence electrons. The SMILES string of the molecule is CC1SC2C(C(C3CCC(N4CCC5(CC4)CCN(C4CCC(C(=O)NC6CCC(OC7CCC(C#N)C(Cl)C7)CC6)NN4)C5)CC3)=N[C@@H](C)C3NNC(C)N23)C1C. The van der Waals surface area contributed by atoms with Crippen molar-refractivity contribution in [3.05, 3.63) is 0 Å². The van der Waals surface area contributed by atoms with E-state index in [1.165, 1.54) is 64.6 Å². The number of rotatable bonds is 7. The van der Waals surface area contributed by atoms with Crippen molar-refractivity contribution in [2.45, 2.75) is 201 Å². The molecule has 6 heterocycles. The van der Waals surface area contributed by atoms with Crippen LogP contribution in [0, 0.1) is 40.4 Å². The molecule has 0 aromatic rings. The van der Waals surface area contributed by atoms with E-state index < -0.39 is 0 Å². The maximum absolute atomic E-state index is 13.3. The minimum atomic E-state index is -0.185. The van der Waals surface area contributed by atoms with E-state index >= 15 is 0 Å². The van der Waals surface area contributed by atoms with E-state index in [4.69, 9.17) is 21.3 Å². The molecule has 0 bridgehead atoms. The predicted molar refractivity (Wildman–Crippen MR) is 232 cm³/mol. The second kappa shape index (κ2) is 18.0. The molecule has 12 nitrogen and oxygen atoms in total. The van der Waals surface area contributed by atoms with Gasteiger partial charge in [0.15, 0.2) is 0 Å². The summed E-state index contributed by atoms with van der Waals surface area (Å²) in [5, 5.41) is 13.7. The Labute approximate surface area is 357 Å². The minimum absolute atomic E-state index is 0.0495. The van der Waals surface area contributed by atoms with Crippen molar-refractivity contribution in [1.82, 2.24) is 41.7 Å². The average Bonchev–Trinajstić information content (AvgIpc) is 3.90. The van der Waals surface area contributed by atoms with Crippen LogP contribution in [0.25, 0.3) is 0 Å². The zero-order chi connectivity index (χ0) is 40.1. The van der Waals surface area contributed by atoms with Gasteiger partial charge in [-0.1, -0.05) is 13.8 Å². The van der Waals surface area contributed by atoms with Gasteiger partial charge in [0.2, 0.25) is 5.91 Å². The number of piperidine rings is 1. The Balaban J connectivity index is 0.687. The first-order valence-electron chi connectivity index (χ1n) is 23.6. The smallest absolute Gasteiger partial charge is 0.238 e. The second-order valence-corrected chi connectivity index (χ2v) is 22.3. The number of fused-ring (bicyclic) bond motifs is 3. The lowest BCUT2D eigenvalue weighted by molar-refractivity contribution is -0.126. The number of alkyl halides is 1. The lowest BCUT2D eigenvalue weighted by atomic mass is 9.73. The van der Waals surface area contributed by atoms with Gasteiger partial charge in [-0.05, 0) is 147 Å². The van der Waals surface area contributed by atoms with Crippen molar-refractivity contribution in [2.24, 2.45) is 34.1 Å². The van der Waals surface area contributed by atoms with Gasteiger partial charge in [0.1, 0.15) is 6.04 Å². The first-order chi connectivity index (χ1) is 28.1. The summed E-state index contributed by atoms with van der Waals surface area (Å²) in [6.45, 7) is 14.4. The van der Waals surface area contributed by atoms with Crippen molar-refractivity contribution in [2.75, 3.05) is 26.2 Å². The molecule has 6 aliphatic heterocycles. The van der Waals surface area contributed by atoms with Gasteiger partial charge in [0.25, 0.3) is 0 Å². The fraction of sp³-hybridized carbons (Fsp3) is 0.932. The molecule has 0 aromatic carbocycles. The summed E-state index contributed by atoms with van der Waals surface area (Å²) in [6.07, 6.45) is 18.7. The van der Waals surface area contributed by atoms with Gasteiger partial charge >= 0.3 is 0 Å². The minimum Gasteiger partial charge on any atom is -0.375 e. The summed E-state index contributed by atoms with van der Waals surface area (Å²) < 4.78 is 6.41. The molecule has 0 aromatic heterocycles. The van der Waals surface area contributed by atoms with Crippen LogP contribution in [0.5, 0.6) is 0 Å². The maximum atomic E-state index is 13.3. The van der Waals surface area contributed by atoms with Gasteiger partial charge in [0.05, 0.1) is 59.5 Å². The highest BCUT2D eigenvalue weighted by Gasteiger charge is 2.54. The molecule has 58 heavy (non-hydrogen) atoms. The van der Waals surface area contributed by atoms with Crippen LogP contribution < -0.4 is 27.0 Å². The molecule has 5 saturated heterocycles. The Kier molecular flexibility index (Phi) is 13.1.